The third-order valence-electron chi connectivity index (χ3n) is 4.15. The summed E-state index contributed by atoms with van der Waals surface area (Å²) in [5.74, 6) is 1.94. The molecule has 0 heterocycles. The Morgan fingerprint density at radius 3 is 2.52 bits per heavy atom. The van der Waals surface area contributed by atoms with Crippen molar-refractivity contribution in [3.05, 3.63) is 58.2 Å². The molecule has 0 saturated heterocycles. The van der Waals surface area contributed by atoms with E-state index in [9.17, 15) is 9.59 Å². The SMILES string of the molecule is CC#COC1C(=O)c2ccc(C/C=C(\C)CCC=C(C)C)cc2C1=O. The smallest absolute Gasteiger partial charge is 0.235 e. The monoisotopic (exact) mass is 336 g/mol. The molecule has 1 aromatic rings. The molecule has 3 nitrogen and oxygen atoms in total. The van der Waals surface area contributed by atoms with E-state index in [2.05, 4.69) is 45.0 Å². The van der Waals surface area contributed by atoms with Gasteiger partial charge in [-0.15, -0.1) is 0 Å². The maximum absolute atomic E-state index is 12.4. The van der Waals surface area contributed by atoms with Gasteiger partial charge in [-0.05, 0) is 51.7 Å². The van der Waals surface area contributed by atoms with Gasteiger partial charge in [0.15, 0.2) is 0 Å². The average Bonchev–Trinajstić information content (AvgIpc) is 2.81. The Morgan fingerprint density at radius 1 is 1.12 bits per heavy atom. The van der Waals surface area contributed by atoms with Crippen LogP contribution in [0.25, 0.3) is 0 Å². The molecule has 1 aliphatic carbocycles. The molecule has 0 amide bonds. The lowest BCUT2D eigenvalue weighted by molar-refractivity contribution is 0.0659. The van der Waals surface area contributed by atoms with E-state index >= 15 is 0 Å². The normalized spacial score (nSPS) is 16.2. The average molecular weight is 336 g/mol. The lowest BCUT2D eigenvalue weighted by Crippen LogP contribution is -2.23. The van der Waals surface area contributed by atoms with Crippen LogP contribution in [0.5, 0.6) is 0 Å². The first-order valence-electron chi connectivity index (χ1n) is 8.51. The van der Waals surface area contributed by atoms with Crippen LogP contribution in [-0.2, 0) is 11.2 Å². The van der Waals surface area contributed by atoms with Crippen molar-refractivity contribution in [2.45, 2.75) is 53.1 Å². The maximum Gasteiger partial charge on any atom is 0.235 e. The summed E-state index contributed by atoms with van der Waals surface area (Å²) in [6.45, 7) is 7.92. The van der Waals surface area contributed by atoms with Crippen molar-refractivity contribution in [2.24, 2.45) is 0 Å². The fourth-order valence-corrected chi connectivity index (χ4v) is 2.75. The molecular formula is C22H24O3. The van der Waals surface area contributed by atoms with Gasteiger partial charge in [0.1, 0.15) is 6.11 Å². The highest BCUT2D eigenvalue weighted by Crippen LogP contribution is 2.26. The van der Waals surface area contributed by atoms with Crippen LogP contribution in [0.1, 0.15) is 66.8 Å². The Labute approximate surface area is 149 Å². The van der Waals surface area contributed by atoms with E-state index in [0.717, 1.165) is 24.8 Å². The molecule has 0 radical (unpaired) electrons. The van der Waals surface area contributed by atoms with Gasteiger partial charge in [-0.3, -0.25) is 9.59 Å². The predicted molar refractivity (Wildman–Crippen MR) is 99.6 cm³/mol. The lowest BCUT2D eigenvalue weighted by Gasteiger charge is -2.03. The Kier molecular flexibility index (Phi) is 6.36. The van der Waals surface area contributed by atoms with E-state index in [-0.39, 0.29) is 11.6 Å². The first kappa shape index (κ1) is 18.7. The molecule has 0 aromatic heterocycles. The van der Waals surface area contributed by atoms with Crippen LogP contribution in [-0.4, -0.2) is 17.7 Å². The summed E-state index contributed by atoms with van der Waals surface area (Å²) in [7, 11) is 0. The number of hydrogen-bond donors (Lipinski definition) is 0. The van der Waals surface area contributed by atoms with Gasteiger partial charge in [0.05, 0.1) is 0 Å². The quantitative estimate of drug-likeness (QED) is 0.431. The molecule has 0 fully saturated rings. The minimum atomic E-state index is -1.11. The van der Waals surface area contributed by atoms with Crippen molar-refractivity contribution in [3.63, 3.8) is 0 Å². The molecule has 1 unspecified atom stereocenters. The second kappa shape index (κ2) is 8.48. The van der Waals surface area contributed by atoms with Crippen LogP contribution in [0, 0.1) is 12.0 Å². The number of allylic oxidation sites excluding steroid dienone is 4. The predicted octanol–water partition coefficient (Wildman–Crippen LogP) is 4.67. The topological polar surface area (TPSA) is 43.4 Å². The summed E-state index contributed by atoms with van der Waals surface area (Å²) < 4.78 is 5.08. The molecule has 3 heteroatoms. The third kappa shape index (κ3) is 4.70. The van der Waals surface area contributed by atoms with Gasteiger partial charge in [0.25, 0.3) is 0 Å². The summed E-state index contributed by atoms with van der Waals surface area (Å²) in [6.07, 6.45) is 8.48. The molecule has 2 rings (SSSR count). The van der Waals surface area contributed by atoms with Gasteiger partial charge in [-0.2, -0.15) is 0 Å². The van der Waals surface area contributed by atoms with Crippen molar-refractivity contribution in [3.8, 4) is 12.0 Å². The fourth-order valence-electron chi connectivity index (χ4n) is 2.75. The first-order chi connectivity index (χ1) is 11.9. The summed E-state index contributed by atoms with van der Waals surface area (Å²) in [5.41, 5.74) is 4.55. The maximum atomic E-state index is 12.4. The summed E-state index contributed by atoms with van der Waals surface area (Å²) in [4.78, 5) is 24.6. The number of benzene rings is 1. The summed E-state index contributed by atoms with van der Waals surface area (Å²) in [5, 5.41) is 0. The van der Waals surface area contributed by atoms with Gasteiger partial charge in [-0.25, -0.2) is 0 Å². The number of fused-ring (bicyclic) bond motifs is 1. The number of ether oxygens (including phenoxy) is 1. The summed E-state index contributed by atoms with van der Waals surface area (Å²) >= 11 is 0. The molecule has 0 aliphatic heterocycles. The number of rotatable bonds is 6. The van der Waals surface area contributed by atoms with E-state index in [4.69, 9.17) is 4.74 Å². The zero-order chi connectivity index (χ0) is 18.4. The zero-order valence-electron chi connectivity index (χ0n) is 15.3. The number of carbonyl (C=O) groups is 2. The van der Waals surface area contributed by atoms with Crippen LogP contribution in [0.15, 0.2) is 41.5 Å². The second-order valence-electron chi connectivity index (χ2n) is 6.53. The Bertz CT molecular complexity index is 796. The van der Waals surface area contributed by atoms with E-state index in [1.165, 1.54) is 11.1 Å². The minimum absolute atomic E-state index is 0.297. The van der Waals surface area contributed by atoms with E-state index in [0.29, 0.717) is 11.1 Å². The molecule has 0 spiro atoms. The molecule has 0 bridgehead atoms. The number of ketones is 2. The van der Waals surface area contributed by atoms with Crippen LogP contribution in [0.3, 0.4) is 0 Å². The summed E-state index contributed by atoms with van der Waals surface area (Å²) in [6, 6.07) is 5.43. The molecule has 25 heavy (non-hydrogen) atoms. The molecule has 1 aliphatic rings. The van der Waals surface area contributed by atoms with Gasteiger partial charge in [-0.1, -0.05) is 41.4 Å². The molecule has 1 atom stereocenters. The van der Waals surface area contributed by atoms with Gasteiger partial charge < -0.3 is 4.74 Å². The van der Waals surface area contributed by atoms with Crippen molar-refractivity contribution in [2.75, 3.05) is 0 Å². The number of hydrogen-bond acceptors (Lipinski definition) is 3. The van der Waals surface area contributed by atoms with Crippen molar-refractivity contribution < 1.29 is 14.3 Å². The molecular weight excluding hydrogens is 312 g/mol. The number of carbonyl (C=O) groups excluding carboxylic acids is 2. The lowest BCUT2D eigenvalue weighted by atomic mass is 10.0. The number of Topliss-reactive ketones (excluding diaryl/α,β-unsaturated/α-hetero) is 2. The largest absolute Gasteiger partial charge is 0.426 e. The molecule has 1 aromatic carbocycles. The van der Waals surface area contributed by atoms with E-state index in [1.54, 1.807) is 19.1 Å². The van der Waals surface area contributed by atoms with Crippen LogP contribution < -0.4 is 0 Å². The van der Waals surface area contributed by atoms with Gasteiger partial charge >= 0.3 is 0 Å². The molecule has 0 N–H and O–H groups in total. The highest BCUT2D eigenvalue weighted by atomic mass is 16.5. The van der Waals surface area contributed by atoms with Crippen molar-refractivity contribution in [1.29, 1.82) is 0 Å². The third-order valence-corrected chi connectivity index (χ3v) is 4.15. The molecule has 0 saturated carbocycles. The van der Waals surface area contributed by atoms with Crippen LogP contribution in [0.2, 0.25) is 0 Å². The van der Waals surface area contributed by atoms with Crippen LogP contribution in [0.4, 0.5) is 0 Å². The Morgan fingerprint density at radius 2 is 1.84 bits per heavy atom. The highest BCUT2D eigenvalue weighted by Gasteiger charge is 2.40. The van der Waals surface area contributed by atoms with E-state index < -0.39 is 6.10 Å². The standard InChI is InChI=1S/C22H24O3/c1-5-13-25-22-20(23)18-12-11-17(14-19(18)21(22)24)10-9-16(4)8-6-7-15(2)3/h7,9,11-12,14,22H,6,8,10H2,1-4H3/b16-9+. The molecule has 130 valence electrons. The van der Waals surface area contributed by atoms with Crippen LogP contribution >= 0.6 is 0 Å². The highest BCUT2D eigenvalue weighted by molar-refractivity contribution is 6.28. The van der Waals surface area contributed by atoms with E-state index in [1.807, 2.05) is 6.07 Å². The van der Waals surface area contributed by atoms with Crippen molar-refractivity contribution >= 4 is 11.6 Å². The fraction of sp³-hybridized carbons (Fsp3) is 0.364. The first-order valence-corrected chi connectivity index (χ1v) is 8.51. The zero-order valence-corrected chi connectivity index (χ0v) is 15.3. The Hall–Kier alpha value is -2.60. The van der Waals surface area contributed by atoms with Gasteiger partial charge in [0.2, 0.25) is 17.7 Å². The van der Waals surface area contributed by atoms with Crippen molar-refractivity contribution in [1.82, 2.24) is 0 Å². The Balaban J connectivity index is 2.08. The van der Waals surface area contributed by atoms with Gasteiger partial charge in [0, 0.05) is 18.1 Å². The minimum Gasteiger partial charge on any atom is -0.426 e. The second-order valence-corrected chi connectivity index (χ2v) is 6.53.